The van der Waals surface area contributed by atoms with Crippen LogP contribution in [0.1, 0.15) is 6.42 Å². The van der Waals surface area contributed by atoms with E-state index in [9.17, 15) is 14.0 Å². The number of amides is 2. The summed E-state index contributed by atoms with van der Waals surface area (Å²) in [7, 11) is 0. The Kier molecular flexibility index (Phi) is 2.97. The fourth-order valence-electron chi connectivity index (χ4n) is 1.71. The lowest BCUT2D eigenvalue weighted by Crippen LogP contribution is -2.29. The number of halogens is 2. The van der Waals surface area contributed by atoms with E-state index < -0.39 is 17.6 Å². The van der Waals surface area contributed by atoms with Crippen LogP contribution in [0, 0.1) is 11.7 Å². The fourth-order valence-corrected chi connectivity index (χ4v) is 1.85. The third-order valence-corrected chi connectivity index (χ3v) is 2.78. The van der Waals surface area contributed by atoms with Crippen molar-refractivity contribution in [1.29, 1.82) is 0 Å². The number of aromatic nitrogens is 1. The Morgan fingerprint density at radius 3 is 2.88 bits per heavy atom. The number of anilines is 1. The molecule has 1 atom stereocenters. The minimum Gasteiger partial charge on any atom is -0.369 e. The Morgan fingerprint density at radius 1 is 1.65 bits per heavy atom. The Bertz CT molecular complexity index is 494. The molecule has 5 nitrogen and oxygen atoms in total. The number of nitrogens with two attached hydrogens (primary N) is 1. The number of carbonyl (C=O) groups excluding carboxylic acids is 2. The highest BCUT2D eigenvalue weighted by Crippen LogP contribution is 2.26. The monoisotopic (exact) mass is 257 g/mol. The molecule has 7 heteroatoms. The third kappa shape index (κ3) is 2.21. The zero-order valence-corrected chi connectivity index (χ0v) is 9.45. The quantitative estimate of drug-likeness (QED) is 0.848. The van der Waals surface area contributed by atoms with Crippen molar-refractivity contribution in [3.8, 4) is 0 Å². The number of pyridine rings is 1. The lowest BCUT2D eigenvalue weighted by Gasteiger charge is -2.15. The number of nitrogens with zero attached hydrogens (tertiary/aromatic N) is 2. The Morgan fingerprint density at radius 2 is 2.35 bits per heavy atom. The van der Waals surface area contributed by atoms with E-state index in [1.165, 1.54) is 6.20 Å². The van der Waals surface area contributed by atoms with Crippen molar-refractivity contribution in [3.05, 3.63) is 23.1 Å². The van der Waals surface area contributed by atoms with Gasteiger partial charge in [-0.2, -0.15) is 0 Å². The predicted octanol–water partition coefficient (Wildman–Crippen LogP) is 0.712. The molecule has 1 saturated heterocycles. The standard InChI is InChI=1S/C10H9ClFN3O2/c11-6-2-7(12)10(14-3-6)15-4-5(9(13)17)1-8(15)16/h2-3,5H,1,4H2,(H2,13,17). The van der Waals surface area contributed by atoms with Crippen molar-refractivity contribution < 1.29 is 14.0 Å². The van der Waals surface area contributed by atoms with Gasteiger partial charge < -0.3 is 5.73 Å². The molecular formula is C10H9ClFN3O2. The second-order valence-corrected chi connectivity index (χ2v) is 4.20. The minimum atomic E-state index is -0.698. The van der Waals surface area contributed by atoms with Crippen LogP contribution in [0.4, 0.5) is 10.2 Å². The number of primary amides is 1. The second kappa shape index (κ2) is 4.29. The highest BCUT2D eigenvalue weighted by atomic mass is 35.5. The molecule has 0 radical (unpaired) electrons. The molecule has 2 amide bonds. The summed E-state index contributed by atoms with van der Waals surface area (Å²) >= 11 is 5.56. The van der Waals surface area contributed by atoms with Crippen LogP contribution in [0.15, 0.2) is 12.3 Å². The molecule has 2 heterocycles. The van der Waals surface area contributed by atoms with Crippen LogP contribution in [-0.2, 0) is 9.59 Å². The van der Waals surface area contributed by atoms with Crippen LogP contribution >= 0.6 is 11.6 Å². The third-order valence-electron chi connectivity index (χ3n) is 2.57. The normalized spacial score (nSPS) is 19.8. The topological polar surface area (TPSA) is 76.3 Å². The molecule has 0 aromatic carbocycles. The van der Waals surface area contributed by atoms with Gasteiger partial charge in [0.2, 0.25) is 11.8 Å². The molecule has 90 valence electrons. The molecule has 1 aromatic rings. The van der Waals surface area contributed by atoms with Crippen molar-refractivity contribution in [1.82, 2.24) is 4.98 Å². The first-order valence-electron chi connectivity index (χ1n) is 4.89. The summed E-state index contributed by atoms with van der Waals surface area (Å²) in [5.41, 5.74) is 5.11. The lowest BCUT2D eigenvalue weighted by atomic mass is 10.1. The fraction of sp³-hybridized carbons (Fsp3) is 0.300. The molecule has 1 aromatic heterocycles. The zero-order chi connectivity index (χ0) is 12.6. The molecular weight excluding hydrogens is 249 g/mol. The largest absolute Gasteiger partial charge is 0.369 e. The minimum absolute atomic E-state index is 0.0148. The molecule has 17 heavy (non-hydrogen) atoms. The second-order valence-electron chi connectivity index (χ2n) is 3.77. The number of hydrogen-bond donors (Lipinski definition) is 1. The summed E-state index contributed by atoms with van der Waals surface area (Å²) in [5, 5.41) is 0.143. The molecule has 0 saturated carbocycles. The molecule has 1 aliphatic heterocycles. The Labute approximate surface area is 101 Å². The molecule has 1 fully saturated rings. The van der Waals surface area contributed by atoms with E-state index in [2.05, 4.69) is 4.98 Å². The van der Waals surface area contributed by atoms with E-state index in [1.54, 1.807) is 0 Å². The van der Waals surface area contributed by atoms with Gasteiger partial charge in [-0.05, 0) is 6.07 Å². The van der Waals surface area contributed by atoms with Gasteiger partial charge in [0.1, 0.15) is 0 Å². The van der Waals surface area contributed by atoms with Gasteiger partial charge in [-0.15, -0.1) is 0 Å². The van der Waals surface area contributed by atoms with Crippen LogP contribution in [0.5, 0.6) is 0 Å². The van der Waals surface area contributed by atoms with Crippen LogP contribution < -0.4 is 10.6 Å². The summed E-state index contributed by atoms with van der Waals surface area (Å²) in [6, 6.07) is 1.06. The predicted molar refractivity (Wildman–Crippen MR) is 58.9 cm³/mol. The molecule has 2 N–H and O–H groups in total. The van der Waals surface area contributed by atoms with Gasteiger partial charge in [0, 0.05) is 19.2 Å². The van der Waals surface area contributed by atoms with Gasteiger partial charge in [-0.3, -0.25) is 14.5 Å². The van der Waals surface area contributed by atoms with E-state index in [-0.39, 0.29) is 29.7 Å². The molecule has 1 unspecified atom stereocenters. The first-order valence-corrected chi connectivity index (χ1v) is 5.27. The van der Waals surface area contributed by atoms with E-state index in [0.717, 1.165) is 11.0 Å². The molecule has 0 spiro atoms. The summed E-state index contributed by atoms with van der Waals surface area (Å²) in [6.45, 7) is 0.0553. The van der Waals surface area contributed by atoms with Crippen LogP contribution in [0.3, 0.4) is 0 Å². The van der Waals surface area contributed by atoms with Gasteiger partial charge in [-0.25, -0.2) is 9.37 Å². The van der Waals surface area contributed by atoms with Gasteiger partial charge in [0.05, 0.1) is 10.9 Å². The highest BCUT2D eigenvalue weighted by molar-refractivity contribution is 6.30. The SMILES string of the molecule is NC(=O)C1CC(=O)N(c2ncc(Cl)cc2F)C1. The van der Waals surface area contributed by atoms with Crippen molar-refractivity contribution in [2.45, 2.75) is 6.42 Å². The van der Waals surface area contributed by atoms with E-state index >= 15 is 0 Å². The average Bonchev–Trinajstić information content (AvgIpc) is 2.61. The number of carbonyl (C=O) groups is 2. The van der Waals surface area contributed by atoms with Crippen molar-refractivity contribution in [3.63, 3.8) is 0 Å². The maximum atomic E-state index is 13.5. The van der Waals surface area contributed by atoms with E-state index in [4.69, 9.17) is 17.3 Å². The summed E-state index contributed by atoms with van der Waals surface area (Å²) in [4.78, 5) is 27.4. The number of hydrogen-bond acceptors (Lipinski definition) is 3. The van der Waals surface area contributed by atoms with Gasteiger partial charge in [0.15, 0.2) is 11.6 Å². The summed E-state index contributed by atoms with van der Waals surface area (Å²) in [6.07, 6.45) is 1.23. The Hall–Kier alpha value is -1.69. The average molecular weight is 258 g/mol. The highest BCUT2D eigenvalue weighted by Gasteiger charge is 2.35. The molecule has 0 bridgehead atoms. The van der Waals surface area contributed by atoms with Gasteiger partial charge in [0.25, 0.3) is 0 Å². The maximum absolute atomic E-state index is 13.5. The maximum Gasteiger partial charge on any atom is 0.229 e. The summed E-state index contributed by atoms with van der Waals surface area (Å²) in [5.74, 6) is -2.36. The zero-order valence-electron chi connectivity index (χ0n) is 8.69. The van der Waals surface area contributed by atoms with Gasteiger partial charge >= 0.3 is 0 Å². The number of rotatable bonds is 2. The van der Waals surface area contributed by atoms with E-state index in [0.29, 0.717) is 0 Å². The van der Waals surface area contributed by atoms with E-state index in [1.807, 2.05) is 0 Å². The molecule has 2 rings (SSSR count). The van der Waals surface area contributed by atoms with Crippen molar-refractivity contribution in [2.24, 2.45) is 11.7 Å². The molecule has 0 aliphatic carbocycles. The Balaban J connectivity index is 2.29. The first kappa shape index (κ1) is 11.8. The van der Waals surface area contributed by atoms with Crippen molar-refractivity contribution in [2.75, 3.05) is 11.4 Å². The lowest BCUT2D eigenvalue weighted by molar-refractivity contribution is -0.123. The van der Waals surface area contributed by atoms with Crippen LogP contribution in [0.25, 0.3) is 0 Å². The van der Waals surface area contributed by atoms with Crippen LogP contribution in [0.2, 0.25) is 5.02 Å². The summed E-state index contributed by atoms with van der Waals surface area (Å²) < 4.78 is 13.5. The van der Waals surface area contributed by atoms with Crippen LogP contribution in [-0.4, -0.2) is 23.3 Å². The molecule has 1 aliphatic rings. The first-order chi connectivity index (χ1) is 7.99. The van der Waals surface area contributed by atoms with Crippen molar-refractivity contribution >= 4 is 29.2 Å². The smallest absolute Gasteiger partial charge is 0.229 e. The van der Waals surface area contributed by atoms with Gasteiger partial charge in [-0.1, -0.05) is 11.6 Å².